The van der Waals surface area contributed by atoms with Gasteiger partial charge in [0.05, 0.1) is 13.0 Å². The van der Waals surface area contributed by atoms with Crippen molar-refractivity contribution in [1.29, 1.82) is 0 Å². The molecular formula is C48H53N7O8S. The number of amides is 6. The Bertz CT molecular complexity index is 2330. The number of hydrogen-bond donors (Lipinski definition) is 8. The lowest BCUT2D eigenvalue weighted by atomic mass is 10.0. The third-order valence-electron chi connectivity index (χ3n) is 10.1. The Morgan fingerprint density at radius 3 is 2.00 bits per heavy atom. The highest BCUT2D eigenvalue weighted by molar-refractivity contribution is 7.09. The lowest BCUT2D eigenvalue weighted by molar-refractivity contribution is -0.142. The number of aryl methyl sites for hydroxylation is 1. The maximum atomic E-state index is 13.6. The van der Waals surface area contributed by atoms with Crippen LogP contribution in [0, 0.1) is 6.92 Å². The number of aliphatic carboxylic acids is 1. The Hall–Kier alpha value is -7.17. The molecule has 0 saturated heterocycles. The molecule has 0 aliphatic carbocycles. The van der Waals surface area contributed by atoms with Gasteiger partial charge in [-0.2, -0.15) is 0 Å². The molecule has 4 aromatic carbocycles. The Kier molecular flexibility index (Phi) is 18.3. The molecule has 0 saturated carbocycles. The van der Waals surface area contributed by atoms with Crippen molar-refractivity contribution in [2.75, 3.05) is 18.4 Å². The summed E-state index contributed by atoms with van der Waals surface area (Å²) >= 11 is 1.34. The number of carbonyl (C=O) groups excluding carboxylic acids is 6. The van der Waals surface area contributed by atoms with Gasteiger partial charge < -0.3 is 42.7 Å². The first kappa shape index (κ1) is 47.9. The van der Waals surface area contributed by atoms with Gasteiger partial charge in [-0.1, -0.05) is 109 Å². The number of hydrogen-bond acceptors (Lipinski definition) is 9. The molecule has 6 amide bonds. The molecule has 5 aromatic rings. The van der Waals surface area contributed by atoms with Gasteiger partial charge >= 0.3 is 5.97 Å². The van der Waals surface area contributed by atoms with E-state index in [4.69, 9.17) is 5.73 Å². The first-order chi connectivity index (χ1) is 30.9. The molecule has 7 rings (SSSR count). The van der Waals surface area contributed by atoms with E-state index in [2.05, 4.69) is 87.4 Å². The summed E-state index contributed by atoms with van der Waals surface area (Å²) in [4.78, 5) is 92.4. The van der Waals surface area contributed by atoms with E-state index in [0.717, 1.165) is 4.88 Å². The number of carboxylic acid groups (broad SMARTS) is 1. The lowest BCUT2D eigenvalue weighted by Crippen LogP contribution is -2.57. The molecule has 2 aliphatic heterocycles. The Balaban J connectivity index is 0.000000502. The van der Waals surface area contributed by atoms with E-state index in [1.165, 1.54) is 40.2 Å². The zero-order chi connectivity index (χ0) is 45.8. The van der Waals surface area contributed by atoms with Crippen LogP contribution >= 0.6 is 11.3 Å². The summed E-state index contributed by atoms with van der Waals surface area (Å²) in [6, 6.07) is 32.4. The fourth-order valence-electron chi connectivity index (χ4n) is 6.65. The van der Waals surface area contributed by atoms with Crippen molar-refractivity contribution in [3.05, 3.63) is 148 Å². The summed E-state index contributed by atoms with van der Waals surface area (Å²) < 4.78 is 0. The van der Waals surface area contributed by atoms with Gasteiger partial charge in [-0.3, -0.25) is 28.8 Å². The number of nitrogens with one attached hydrogen (secondary N) is 6. The normalized spacial score (nSPS) is 18.6. The van der Waals surface area contributed by atoms with Crippen molar-refractivity contribution in [1.82, 2.24) is 26.6 Å². The van der Waals surface area contributed by atoms with Crippen LogP contribution in [0.2, 0.25) is 0 Å². The highest BCUT2D eigenvalue weighted by atomic mass is 32.1. The summed E-state index contributed by atoms with van der Waals surface area (Å²) in [6.45, 7) is 1.76. The van der Waals surface area contributed by atoms with Crippen LogP contribution in [0.15, 0.2) is 127 Å². The fourth-order valence-corrected chi connectivity index (χ4v) is 7.40. The number of rotatable bonds is 10. The Labute approximate surface area is 375 Å². The number of benzene rings is 4. The quantitative estimate of drug-likeness (QED) is 0.0955. The molecule has 9 N–H and O–H groups in total. The molecule has 0 spiro atoms. The van der Waals surface area contributed by atoms with E-state index >= 15 is 0 Å². The van der Waals surface area contributed by atoms with Gasteiger partial charge in [-0.25, -0.2) is 4.79 Å². The number of nitrogens with two attached hydrogens (primary N) is 1. The van der Waals surface area contributed by atoms with E-state index in [1.807, 2.05) is 6.07 Å². The van der Waals surface area contributed by atoms with Gasteiger partial charge in [0.1, 0.15) is 24.2 Å². The highest BCUT2D eigenvalue weighted by Crippen LogP contribution is 2.19. The summed E-state index contributed by atoms with van der Waals surface area (Å²) in [6.07, 6.45) is -0.160. The average molecular weight is 888 g/mol. The third kappa shape index (κ3) is 15.6. The van der Waals surface area contributed by atoms with Crippen LogP contribution in [0.1, 0.15) is 40.8 Å². The van der Waals surface area contributed by atoms with E-state index in [1.54, 1.807) is 60.0 Å². The monoisotopic (exact) mass is 887 g/mol. The van der Waals surface area contributed by atoms with Crippen LogP contribution in [0.4, 0.5) is 5.69 Å². The molecule has 0 fully saturated rings. The maximum Gasteiger partial charge on any atom is 0.326 e. The van der Waals surface area contributed by atoms with Crippen molar-refractivity contribution in [3.63, 3.8) is 0 Å². The van der Waals surface area contributed by atoms with Crippen molar-refractivity contribution in [2.45, 2.75) is 69.6 Å². The van der Waals surface area contributed by atoms with Crippen LogP contribution in [0.3, 0.4) is 0 Å². The molecule has 0 unspecified atom stereocenters. The van der Waals surface area contributed by atoms with E-state index < -0.39 is 78.5 Å². The fraction of sp³-hybridized carbons (Fsp3) is 0.271. The summed E-state index contributed by atoms with van der Waals surface area (Å²) in [5.41, 5.74) is 10.9. The minimum Gasteiger partial charge on any atom is -0.480 e. The molecule has 4 atom stereocenters. The van der Waals surface area contributed by atoms with Crippen molar-refractivity contribution in [3.8, 4) is 11.1 Å². The summed E-state index contributed by atoms with van der Waals surface area (Å²) in [5, 5.41) is 27.2. The second kappa shape index (κ2) is 24.5. The molecule has 15 nitrogen and oxygen atoms in total. The first-order valence-corrected chi connectivity index (χ1v) is 21.7. The molecule has 64 heavy (non-hydrogen) atoms. The maximum absolute atomic E-state index is 13.6. The molecule has 334 valence electrons. The summed E-state index contributed by atoms with van der Waals surface area (Å²) in [5.74, 6) is -5.45. The lowest BCUT2D eigenvalue weighted by Gasteiger charge is -2.23. The zero-order valence-electron chi connectivity index (χ0n) is 35.4. The number of thiophene rings is 1. The SMILES string of the molecule is Cc1ccc(-c2ccccc2)cc1.NCCCC(=O)N[C@H]1CC(=O)Nc2ccc(cc2)C[C@@H](C(=O)O)NC(=O)[C@@H](Cc2ccccc2)NC(=O)CNC(=O)[C@@H](Cc2cccs2)NC1=O. The van der Waals surface area contributed by atoms with Crippen LogP contribution in [-0.4, -0.2) is 83.8 Å². The second-order valence-corrected chi connectivity index (χ2v) is 16.2. The molecule has 2 bridgehead atoms. The smallest absolute Gasteiger partial charge is 0.326 e. The number of anilines is 1. The van der Waals surface area contributed by atoms with Gasteiger partial charge in [0.15, 0.2) is 0 Å². The largest absolute Gasteiger partial charge is 0.480 e. The minimum absolute atomic E-state index is 0.0115. The van der Waals surface area contributed by atoms with Gasteiger partial charge in [0, 0.05) is 36.2 Å². The van der Waals surface area contributed by atoms with Gasteiger partial charge in [0.25, 0.3) is 0 Å². The number of carboxylic acids is 1. The predicted octanol–water partition coefficient (Wildman–Crippen LogP) is 3.66. The van der Waals surface area contributed by atoms with Gasteiger partial charge in [-0.05, 0) is 65.7 Å². The third-order valence-corrected chi connectivity index (χ3v) is 11.0. The molecule has 3 heterocycles. The summed E-state index contributed by atoms with van der Waals surface area (Å²) in [7, 11) is 0. The Morgan fingerprint density at radius 1 is 0.703 bits per heavy atom. The first-order valence-electron chi connectivity index (χ1n) is 20.8. The molecule has 1 aromatic heterocycles. The van der Waals surface area contributed by atoms with Crippen LogP contribution in [0.25, 0.3) is 11.1 Å². The predicted molar refractivity (Wildman–Crippen MR) is 245 cm³/mol. The number of carbonyl (C=O) groups is 7. The van der Waals surface area contributed by atoms with E-state index in [-0.39, 0.29) is 32.2 Å². The molecular weight excluding hydrogens is 835 g/mol. The highest BCUT2D eigenvalue weighted by Gasteiger charge is 2.31. The Morgan fingerprint density at radius 2 is 1.36 bits per heavy atom. The standard InChI is InChI=1S/C35H41N7O8S.C13H12/c36-14-4-9-29(43)39-27-19-30(44)38-23-12-10-22(11-13-23)17-28(35(49)50)42-33(47)25(16-21-6-2-1-3-7-21)40-31(45)20-37-32(46)26(41-34(27)48)18-24-8-5-15-51-24;1-11-7-9-13(10-8-11)12-5-3-2-4-6-12/h1-3,5-8,10-13,15,25-28H,4,9,14,16-20,36H2,(H,37,46)(H,38,44)(H,39,43)(H,40,45)(H,41,48)(H,42,47)(H,49,50);2-10H,1H3/t25-,26-,27+,28+;/m1./s1. The van der Waals surface area contributed by atoms with Gasteiger partial charge in [0.2, 0.25) is 35.4 Å². The topological polar surface area (TPSA) is 238 Å². The zero-order valence-corrected chi connectivity index (χ0v) is 36.2. The molecule has 2 aliphatic rings. The minimum atomic E-state index is -1.36. The van der Waals surface area contributed by atoms with E-state index in [0.29, 0.717) is 23.2 Å². The molecule has 16 heteroatoms. The van der Waals surface area contributed by atoms with Gasteiger partial charge in [-0.15, -0.1) is 11.3 Å². The molecule has 0 radical (unpaired) electrons. The second-order valence-electron chi connectivity index (χ2n) is 15.2. The van der Waals surface area contributed by atoms with Crippen LogP contribution in [0.5, 0.6) is 0 Å². The van der Waals surface area contributed by atoms with E-state index in [9.17, 15) is 38.7 Å². The average Bonchev–Trinajstić information content (AvgIpc) is 3.81. The van der Waals surface area contributed by atoms with Crippen LogP contribution < -0.4 is 37.6 Å². The van der Waals surface area contributed by atoms with Crippen LogP contribution in [-0.2, 0) is 52.8 Å². The van der Waals surface area contributed by atoms with Crippen molar-refractivity contribution >= 4 is 58.4 Å². The number of fused-ring (bicyclic) bond motifs is 18. The van der Waals surface area contributed by atoms with Crippen molar-refractivity contribution < 1.29 is 38.7 Å². The van der Waals surface area contributed by atoms with Crippen molar-refractivity contribution in [2.24, 2.45) is 5.73 Å².